The van der Waals surface area contributed by atoms with Gasteiger partial charge in [0, 0.05) is 11.4 Å². The molecule has 3 nitrogen and oxygen atoms in total. The Morgan fingerprint density at radius 2 is 1.60 bits per heavy atom. The molecule has 0 radical (unpaired) electrons. The van der Waals surface area contributed by atoms with E-state index in [4.69, 9.17) is 5.73 Å². The van der Waals surface area contributed by atoms with Gasteiger partial charge >= 0.3 is 0 Å². The maximum Gasteiger partial charge on any atom is 0.257 e. The zero-order valence-corrected chi connectivity index (χ0v) is 11.9. The third-order valence-corrected chi connectivity index (χ3v) is 3.44. The summed E-state index contributed by atoms with van der Waals surface area (Å²) >= 11 is 0. The number of benzene rings is 2. The van der Waals surface area contributed by atoms with Gasteiger partial charge in [0.05, 0.1) is 5.56 Å². The molecule has 0 saturated heterocycles. The number of nitrogen functional groups attached to an aromatic ring is 1. The van der Waals surface area contributed by atoms with Gasteiger partial charge in [0.15, 0.2) is 0 Å². The Labute approximate surface area is 119 Å². The van der Waals surface area contributed by atoms with Gasteiger partial charge in [-0.15, -0.1) is 0 Å². The predicted molar refractivity (Wildman–Crippen MR) is 84.0 cm³/mol. The standard InChI is InChI=1S/C17H20N2O/c1-3-12-8-7-9-13(4-2)16(12)19-17(20)14-10-5-6-11-15(14)18/h5-11H,3-4,18H2,1-2H3,(H,19,20). The second-order valence-corrected chi connectivity index (χ2v) is 4.70. The Bertz CT molecular complexity index is 598. The van der Waals surface area contributed by atoms with Crippen molar-refractivity contribution >= 4 is 17.3 Å². The molecule has 20 heavy (non-hydrogen) atoms. The highest BCUT2D eigenvalue weighted by molar-refractivity contribution is 6.08. The highest BCUT2D eigenvalue weighted by Crippen LogP contribution is 2.24. The average Bonchev–Trinajstić information content (AvgIpc) is 2.47. The molecule has 3 N–H and O–H groups in total. The molecule has 0 unspecified atom stereocenters. The molecule has 0 heterocycles. The monoisotopic (exact) mass is 268 g/mol. The first-order chi connectivity index (χ1) is 9.67. The summed E-state index contributed by atoms with van der Waals surface area (Å²) in [5.41, 5.74) is 10.1. The van der Waals surface area contributed by atoms with E-state index in [0.29, 0.717) is 11.3 Å². The van der Waals surface area contributed by atoms with Crippen molar-refractivity contribution in [3.63, 3.8) is 0 Å². The van der Waals surface area contributed by atoms with Gasteiger partial charge in [-0.25, -0.2) is 0 Å². The van der Waals surface area contributed by atoms with Crippen LogP contribution in [0.2, 0.25) is 0 Å². The van der Waals surface area contributed by atoms with Crippen molar-refractivity contribution in [3.05, 3.63) is 59.2 Å². The van der Waals surface area contributed by atoms with E-state index in [-0.39, 0.29) is 5.91 Å². The normalized spacial score (nSPS) is 10.3. The molecular formula is C17H20N2O. The van der Waals surface area contributed by atoms with Crippen LogP contribution in [-0.4, -0.2) is 5.91 Å². The number of amides is 1. The lowest BCUT2D eigenvalue weighted by Crippen LogP contribution is -2.16. The number of carbonyl (C=O) groups is 1. The highest BCUT2D eigenvalue weighted by atomic mass is 16.1. The largest absolute Gasteiger partial charge is 0.398 e. The van der Waals surface area contributed by atoms with E-state index < -0.39 is 0 Å². The summed E-state index contributed by atoms with van der Waals surface area (Å²) in [6.45, 7) is 4.17. The molecule has 2 rings (SSSR count). The molecule has 0 atom stereocenters. The lowest BCUT2D eigenvalue weighted by molar-refractivity contribution is 0.102. The van der Waals surface area contributed by atoms with Gasteiger partial charge in [-0.3, -0.25) is 4.79 Å². The van der Waals surface area contributed by atoms with Gasteiger partial charge in [-0.05, 0) is 36.1 Å². The van der Waals surface area contributed by atoms with Crippen LogP contribution in [0.3, 0.4) is 0 Å². The van der Waals surface area contributed by atoms with E-state index in [1.54, 1.807) is 12.1 Å². The molecule has 0 aliphatic rings. The molecule has 1 amide bonds. The van der Waals surface area contributed by atoms with Crippen LogP contribution in [0.1, 0.15) is 35.3 Å². The molecule has 2 aromatic rings. The van der Waals surface area contributed by atoms with E-state index in [1.165, 1.54) is 0 Å². The van der Waals surface area contributed by atoms with Gasteiger partial charge < -0.3 is 11.1 Å². The third-order valence-electron chi connectivity index (χ3n) is 3.44. The summed E-state index contributed by atoms with van der Waals surface area (Å²) in [4.78, 5) is 12.4. The van der Waals surface area contributed by atoms with Crippen molar-refractivity contribution in [1.29, 1.82) is 0 Å². The minimum Gasteiger partial charge on any atom is -0.398 e. The van der Waals surface area contributed by atoms with E-state index in [9.17, 15) is 4.79 Å². The quantitative estimate of drug-likeness (QED) is 0.832. The van der Waals surface area contributed by atoms with Gasteiger partial charge in [0.1, 0.15) is 0 Å². The van der Waals surface area contributed by atoms with Crippen molar-refractivity contribution in [3.8, 4) is 0 Å². The first kappa shape index (κ1) is 14.1. The Kier molecular flexibility index (Phi) is 4.41. The van der Waals surface area contributed by atoms with Gasteiger partial charge in [-0.1, -0.05) is 44.2 Å². The molecule has 2 aromatic carbocycles. The van der Waals surface area contributed by atoms with Crippen LogP contribution < -0.4 is 11.1 Å². The smallest absolute Gasteiger partial charge is 0.257 e. The number of nitrogens with one attached hydrogen (secondary N) is 1. The van der Waals surface area contributed by atoms with E-state index >= 15 is 0 Å². The van der Waals surface area contributed by atoms with Crippen LogP contribution in [0.15, 0.2) is 42.5 Å². The molecule has 0 aliphatic heterocycles. The fourth-order valence-corrected chi connectivity index (χ4v) is 2.29. The number of anilines is 2. The zero-order chi connectivity index (χ0) is 14.5. The Balaban J connectivity index is 2.35. The summed E-state index contributed by atoms with van der Waals surface area (Å²) in [5.74, 6) is -0.154. The van der Waals surface area contributed by atoms with Crippen molar-refractivity contribution in [2.75, 3.05) is 11.1 Å². The number of carbonyl (C=O) groups excluding carboxylic acids is 1. The molecule has 0 bridgehead atoms. The molecule has 0 spiro atoms. The number of nitrogens with two attached hydrogens (primary N) is 1. The second-order valence-electron chi connectivity index (χ2n) is 4.70. The number of rotatable bonds is 4. The number of hydrogen-bond acceptors (Lipinski definition) is 2. The second kappa shape index (κ2) is 6.24. The molecule has 0 fully saturated rings. The lowest BCUT2D eigenvalue weighted by atomic mass is 10.0. The Hall–Kier alpha value is -2.29. The summed E-state index contributed by atoms with van der Waals surface area (Å²) in [7, 11) is 0. The fourth-order valence-electron chi connectivity index (χ4n) is 2.29. The molecule has 3 heteroatoms. The van der Waals surface area contributed by atoms with E-state index in [2.05, 4.69) is 19.2 Å². The Morgan fingerprint density at radius 1 is 1.00 bits per heavy atom. The molecule has 0 aliphatic carbocycles. The van der Waals surface area contributed by atoms with Crippen LogP contribution >= 0.6 is 0 Å². The summed E-state index contributed by atoms with van der Waals surface area (Å²) < 4.78 is 0. The molecule has 104 valence electrons. The summed E-state index contributed by atoms with van der Waals surface area (Å²) in [6.07, 6.45) is 1.77. The first-order valence-corrected chi connectivity index (χ1v) is 6.94. The van der Waals surface area contributed by atoms with Crippen molar-refractivity contribution in [2.45, 2.75) is 26.7 Å². The summed E-state index contributed by atoms with van der Waals surface area (Å²) in [6, 6.07) is 13.2. The maximum absolute atomic E-state index is 12.4. The van der Waals surface area contributed by atoms with Crippen LogP contribution in [0.4, 0.5) is 11.4 Å². The van der Waals surface area contributed by atoms with Gasteiger partial charge in [0.25, 0.3) is 5.91 Å². The lowest BCUT2D eigenvalue weighted by Gasteiger charge is -2.15. The number of para-hydroxylation sites is 2. The maximum atomic E-state index is 12.4. The average molecular weight is 268 g/mol. The predicted octanol–water partition coefficient (Wildman–Crippen LogP) is 3.65. The number of aryl methyl sites for hydroxylation is 2. The number of hydrogen-bond donors (Lipinski definition) is 2. The van der Waals surface area contributed by atoms with E-state index in [1.807, 2.05) is 30.3 Å². The third kappa shape index (κ3) is 2.82. The fraction of sp³-hybridized carbons (Fsp3) is 0.235. The summed E-state index contributed by atoms with van der Waals surface area (Å²) in [5, 5.41) is 3.02. The van der Waals surface area contributed by atoms with Crippen LogP contribution in [0, 0.1) is 0 Å². The minimum atomic E-state index is -0.154. The van der Waals surface area contributed by atoms with Crippen LogP contribution in [-0.2, 0) is 12.8 Å². The zero-order valence-electron chi connectivity index (χ0n) is 11.9. The van der Waals surface area contributed by atoms with Crippen molar-refractivity contribution in [2.24, 2.45) is 0 Å². The SMILES string of the molecule is CCc1cccc(CC)c1NC(=O)c1ccccc1N. The van der Waals surface area contributed by atoms with Crippen molar-refractivity contribution < 1.29 is 4.79 Å². The molecule has 0 aromatic heterocycles. The highest BCUT2D eigenvalue weighted by Gasteiger charge is 2.13. The minimum absolute atomic E-state index is 0.154. The van der Waals surface area contributed by atoms with Gasteiger partial charge in [-0.2, -0.15) is 0 Å². The van der Waals surface area contributed by atoms with Crippen molar-refractivity contribution in [1.82, 2.24) is 0 Å². The topological polar surface area (TPSA) is 55.1 Å². The first-order valence-electron chi connectivity index (χ1n) is 6.94. The molecule has 0 saturated carbocycles. The van der Waals surface area contributed by atoms with Gasteiger partial charge in [0.2, 0.25) is 0 Å². The van der Waals surface area contributed by atoms with Crippen LogP contribution in [0.5, 0.6) is 0 Å². The van der Waals surface area contributed by atoms with Crippen LogP contribution in [0.25, 0.3) is 0 Å². The molecular weight excluding hydrogens is 248 g/mol. The Morgan fingerprint density at radius 3 is 2.15 bits per heavy atom. The van der Waals surface area contributed by atoms with E-state index in [0.717, 1.165) is 29.7 Å².